The van der Waals surface area contributed by atoms with Crippen LogP contribution in [0.5, 0.6) is 11.5 Å². The van der Waals surface area contributed by atoms with Crippen molar-refractivity contribution in [1.82, 2.24) is 5.32 Å². The van der Waals surface area contributed by atoms with Crippen LogP contribution in [0.1, 0.15) is 5.56 Å². The Bertz CT molecular complexity index is 467. The van der Waals surface area contributed by atoms with Crippen LogP contribution in [-0.4, -0.2) is 37.7 Å². The normalized spacial score (nSPS) is 13.2. The fraction of sp³-hybridized carbons (Fsp3) is 0.462. The Balaban J connectivity index is 1.94. The molecule has 0 saturated heterocycles. The first-order chi connectivity index (χ1) is 9.20. The second kappa shape index (κ2) is 6.91. The summed E-state index contributed by atoms with van der Waals surface area (Å²) in [4.78, 5) is 11.3. The maximum Gasteiger partial charge on any atom is 0.229 e. The molecule has 2 rings (SSSR count). The van der Waals surface area contributed by atoms with E-state index in [-0.39, 0.29) is 5.91 Å². The topological polar surface area (TPSA) is 47.6 Å². The van der Waals surface area contributed by atoms with Gasteiger partial charge in [-0.05, 0) is 30.4 Å². The lowest BCUT2D eigenvalue weighted by Gasteiger charge is -2.20. The predicted octanol–water partition coefficient (Wildman–Crippen LogP) is 2.13. The molecule has 4 nitrogen and oxygen atoms in total. The summed E-state index contributed by atoms with van der Waals surface area (Å²) >= 11 is 7.65. The minimum atomic E-state index is 0.0520. The molecule has 0 spiro atoms. The van der Waals surface area contributed by atoms with Crippen LogP contribution < -0.4 is 14.8 Å². The summed E-state index contributed by atoms with van der Waals surface area (Å²) in [5, 5.41) is 3.41. The molecule has 1 N–H and O–H groups in total. The predicted molar refractivity (Wildman–Crippen MR) is 77.5 cm³/mol. The zero-order valence-electron chi connectivity index (χ0n) is 10.7. The third-order valence-corrected chi connectivity index (χ3v) is 3.50. The number of amides is 1. The largest absolute Gasteiger partial charge is 0.486 e. The van der Waals surface area contributed by atoms with E-state index < -0.39 is 0 Å². The van der Waals surface area contributed by atoms with Crippen LogP contribution in [0.2, 0.25) is 5.02 Å². The number of hydrogen-bond donors (Lipinski definition) is 1. The molecule has 1 heterocycles. The Morgan fingerprint density at radius 3 is 3.00 bits per heavy atom. The molecule has 0 atom stereocenters. The number of fused-ring (bicyclic) bond motifs is 1. The lowest BCUT2D eigenvalue weighted by atomic mass is 10.1. The fourth-order valence-corrected chi connectivity index (χ4v) is 2.49. The zero-order chi connectivity index (χ0) is 13.7. The quantitative estimate of drug-likeness (QED) is 0.905. The molecule has 0 fully saturated rings. The van der Waals surface area contributed by atoms with Gasteiger partial charge in [0.05, 0.1) is 10.8 Å². The van der Waals surface area contributed by atoms with Gasteiger partial charge in [-0.1, -0.05) is 11.6 Å². The maximum atomic E-state index is 11.3. The molecule has 0 aliphatic carbocycles. The van der Waals surface area contributed by atoms with Crippen LogP contribution in [0.3, 0.4) is 0 Å². The summed E-state index contributed by atoms with van der Waals surface area (Å²) in [5.41, 5.74) is 1.03. The molecule has 1 aliphatic heterocycles. The first-order valence-corrected chi connectivity index (χ1v) is 7.81. The Kier molecular flexibility index (Phi) is 5.22. The molecule has 0 bridgehead atoms. The van der Waals surface area contributed by atoms with Gasteiger partial charge >= 0.3 is 0 Å². The Labute approximate surface area is 121 Å². The van der Waals surface area contributed by atoms with Gasteiger partial charge in [0.15, 0.2) is 11.5 Å². The van der Waals surface area contributed by atoms with Crippen LogP contribution in [0.15, 0.2) is 12.1 Å². The van der Waals surface area contributed by atoms with E-state index in [2.05, 4.69) is 5.32 Å². The van der Waals surface area contributed by atoms with E-state index in [0.29, 0.717) is 42.0 Å². The van der Waals surface area contributed by atoms with Crippen molar-refractivity contribution in [3.05, 3.63) is 22.7 Å². The monoisotopic (exact) mass is 301 g/mol. The van der Waals surface area contributed by atoms with Gasteiger partial charge in [0, 0.05) is 6.54 Å². The molecule has 0 radical (unpaired) electrons. The van der Waals surface area contributed by atoms with Crippen molar-refractivity contribution in [2.45, 2.75) is 6.42 Å². The first-order valence-electron chi connectivity index (χ1n) is 6.04. The summed E-state index contributed by atoms with van der Waals surface area (Å²) in [6, 6.07) is 3.77. The van der Waals surface area contributed by atoms with E-state index in [1.54, 1.807) is 0 Å². The van der Waals surface area contributed by atoms with Crippen LogP contribution >= 0.6 is 23.4 Å². The molecule has 19 heavy (non-hydrogen) atoms. The van der Waals surface area contributed by atoms with Crippen molar-refractivity contribution < 1.29 is 14.3 Å². The zero-order valence-corrected chi connectivity index (χ0v) is 12.3. The van der Waals surface area contributed by atoms with Gasteiger partial charge in [0.1, 0.15) is 13.2 Å². The minimum Gasteiger partial charge on any atom is -0.486 e. The van der Waals surface area contributed by atoms with E-state index in [0.717, 1.165) is 12.0 Å². The van der Waals surface area contributed by atoms with Crippen LogP contribution in [0.25, 0.3) is 0 Å². The molecular formula is C13H16ClNO3S. The lowest BCUT2D eigenvalue weighted by Crippen LogP contribution is -2.27. The van der Waals surface area contributed by atoms with Gasteiger partial charge < -0.3 is 14.8 Å². The highest BCUT2D eigenvalue weighted by Gasteiger charge is 2.16. The highest BCUT2D eigenvalue weighted by Crippen LogP contribution is 2.38. The molecule has 1 aromatic carbocycles. The van der Waals surface area contributed by atoms with Gasteiger partial charge in [-0.15, -0.1) is 0 Å². The highest BCUT2D eigenvalue weighted by molar-refractivity contribution is 7.99. The smallest absolute Gasteiger partial charge is 0.229 e. The van der Waals surface area contributed by atoms with Gasteiger partial charge in [0.2, 0.25) is 5.91 Å². The van der Waals surface area contributed by atoms with Crippen molar-refractivity contribution in [2.24, 2.45) is 0 Å². The number of rotatable bonds is 5. The average Bonchev–Trinajstić information content (AvgIpc) is 2.39. The fourth-order valence-electron chi connectivity index (χ4n) is 1.84. The van der Waals surface area contributed by atoms with Crippen LogP contribution in [0.4, 0.5) is 0 Å². The highest BCUT2D eigenvalue weighted by atomic mass is 35.5. The molecule has 104 valence electrons. The number of ether oxygens (including phenoxy) is 2. The van der Waals surface area contributed by atoms with E-state index in [1.165, 1.54) is 11.8 Å². The van der Waals surface area contributed by atoms with Crippen LogP contribution in [0, 0.1) is 0 Å². The van der Waals surface area contributed by atoms with Gasteiger partial charge in [-0.25, -0.2) is 0 Å². The van der Waals surface area contributed by atoms with Gasteiger partial charge in [-0.2, -0.15) is 11.8 Å². The van der Waals surface area contributed by atoms with Crippen molar-refractivity contribution >= 4 is 29.3 Å². The van der Waals surface area contributed by atoms with Crippen molar-refractivity contribution in [1.29, 1.82) is 0 Å². The SMILES string of the molecule is CSCC(=O)NCCc1cc(Cl)c2c(c1)OCCO2. The van der Waals surface area contributed by atoms with E-state index in [1.807, 2.05) is 18.4 Å². The molecule has 6 heteroatoms. The Morgan fingerprint density at radius 1 is 1.42 bits per heavy atom. The number of carbonyl (C=O) groups is 1. The summed E-state index contributed by atoms with van der Waals surface area (Å²) in [5.74, 6) is 1.84. The molecule has 1 aliphatic rings. The molecule has 0 saturated carbocycles. The van der Waals surface area contributed by atoms with Gasteiger partial charge in [-0.3, -0.25) is 4.79 Å². The van der Waals surface area contributed by atoms with Crippen molar-refractivity contribution in [3.8, 4) is 11.5 Å². The molecule has 1 aromatic rings. The summed E-state index contributed by atoms with van der Waals surface area (Å²) in [7, 11) is 0. The average molecular weight is 302 g/mol. The van der Waals surface area contributed by atoms with E-state index in [9.17, 15) is 4.79 Å². The molecule has 0 aromatic heterocycles. The minimum absolute atomic E-state index is 0.0520. The second-order valence-corrected chi connectivity index (χ2v) is 5.41. The van der Waals surface area contributed by atoms with E-state index in [4.69, 9.17) is 21.1 Å². The number of benzene rings is 1. The van der Waals surface area contributed by atoms with Crippen molar-refractivity contribution in [3.63, 3.8) is 0 Å². The maximum absolute atomic E-state index is 11.3. The second-order valence-electron chi connectivity index (χ2n) is 4.13. The Hall–Kier alpha value is -1.07. The number of nitrogens with one attached hydrogen (secondary N) is 1. The Morgan fingerprint density at radius 2 is 2.21 bits per heavy atom. The number of hydrogen-bond acceptors (Lipinski definition) is 4. The number of carbonyl (C=O) groups excluding carboxylic acids is 1. The lowest BCUT2D eigenvalue weighted by molar-refractivity contribution is -0.118. The van der Waals surface area contributed by atoms with E-state index >= 15 is 0 Å². The van der Waals surface area contributed by atoms with Gasteiger partial charge in [0.25, 0.3) is 0 Å². The third kappa shape index (κ3) is 3.94. The molecule has 0 unspecified atom stereocenters. The summed E-state index contributed by atoms with van der Waals surface area (Å²) in [6.07, 6.45) is 2.62. The van der Waals surface area contributed by atoms with Crippen molar-refractivity contribution in [2.75, 3.05) is 31.8 Å². The number of halogens is 1. The molecule has 1 amide bonds. The standard InChI is InChI=1S/C13H16ClNO3S/c1-19-8-12(16)15-3-2-9-6-10(14)13-11(7-9)17-4-5-18-13/h6-7H,2-5,8H2,1H3,(H,15,16). The third-order valence-electron chi connectivity index (χ3n) is 2.67. The van der Waals surface area contributed by atoms with Crippen LogP contribution in [-0.2, 0) is 11.2 Å². The number of thioether (sulfide) groups is 1. The summed E-state index contributed by atoms with van der Waals surface area (Å²) < 4.78 is 11.0. The molecular weight excluding hydrogens is 286 g/mol. The summed E-state index contributed by atoms with van der Waals surface area (Å²) in [6.45, 7) is 1.66. The first kappa shape index (κ1) is 14.3.